The summed E-state index contributed by atoms with van der Waals surface area (Å²) in [6.07, 6.45) is 3.24. The molecule has 2 aliphatic heterocycles. The Bertz CT molecular complexity index is 966. The van der Waals surface area contributed by atoms with Crippen molar-refractivity contribution in [2.24, 2.45) is 0 Å². The minimum absolute atomic E-state index is 0.00350. The van der Waals surface area contributed by atoms with Gasteiger partial charge in [0.25, 0.3) is 11.8 Å². The summed E-state index contributed by atoms with van der Waals surface area (Å²) in [7, 11) is 0. The molecule has 1 fully saturated rings. The number of rotatable bonds is 4. The van der Waals surface area contributed by atoms with Gasteiger partial charge < -0.3 is 15.3 Å². The molecule has 9 nitrogen and oxygen atoms in total. The van der Waals surface area contributed by atoms with E-state index < -0.39 is 17.5 Å². The zero-order chi connectivity index (χ0) is 19.3. The fraction of sp³-hybridized carbons (Fsp3) is 0.333. The number of hydrogen-bond acceptors (Lipinski definition) is 5. The van der Waals surface area contributed by atoms with Crippen molar-refractivity contribution in [3.63, 3.8) is 0 Å². The lowest BCUT2D eigenvalue weighted by Crippen LogP contribution is -2.52. The van der Waals surface area contributed by atoms with Crippen molar-refractivity contribution >= 4 is 17.8 Å². The summed E-state index contributed by atoms with van der Waals surface area (Å²) in [4.78, 5) is 38.8. The maximum absolute atomic E-state index is 12.8. The average Bonchev–Trinajstić information content (AvgIpc) is 3.28. The molecule has 4 amide bonds. The molecule has 0 saturated carbocycles. The minimum atomic E-state index is -1.41. The van der Waals surface area contributed by atoms with E-state index in [2.05, 4.69) is 15.7 Å². The highest BCUT2D eigenvalue weighted by Crippen LogP contribution is 2.32. The summed E-state index contributed by atoms with van der Waals surface area (Å²) < 4.78 is 1.69. The number of phenolic OH excluding ortho intramolecular Hbond substituents is 1. The highest BCUT2D eigenvalue weighted by molar-refractivity contribution is 6.08. The minimum Gasteiger partial charge on any atom is -0.508 e. The summed E-state index contributed by atoms with van der Waals surface area (Å²) >= 11 is 0. The van der Waals surface area contributed by atoms with Gasteiger partial charge in [0.05, 0.1) is 12.7 Å². The van der Waals surface area contributed by atoms with Crippen molar-refractivity contribution < 1.29 is 19.5 Å². The topological polar surface area (TPSA) is 117 Å². The number of amides is 4. The molecule has 9 heteroatoms. The lowest BCUT2D eigenvalue weighted by Gasteiger charge is -2.30. The van der Waals surface area contributed by atoms with E-state index in [1.54, 1.807) is 16.9 Å². The van der Waals surface area contributed by atoms with E-state index in [1.165, 1.54) is 23.2 Å². The second-order valence-corrected chi connectivity index (χ2v) is 7.12. The molecular formula is C18H19N5O4. The van der Waals surface area contributed by atoms with Gasteiger partial charge in [-0.15, -0.1) is 0 Å². The van der Waals surface area contributed by atoms with Crippen LogP contribution >= 0.6 is 0 Å². The zero-order valence-corrected chi connectivity index (χ0v) is 14.9. The fourth-order valence-electron chi connectivity index (χ4n) is 3.50. The van der Waals surface area contributed by atoms with Gasteiger partial charge in [0.1, 0.15) is 5.75 Å². The largest absolute Gasteiger partial charge is 0.508 e. The molecule has 3 N–H and O–H groups in total. The molecular weight excluding hydrogens is 350 g/mol. The average molecular weight is 369 g/mol. The molecule has 4 rings (SSSR count). The smallest absolute Gasteiger partial charge is 0.322 e. The van der Waals surface area contributed by atoms with Crippen LogP contribution in [0.5, 0.6) is 5.75 Å². The molecule has 1 atom stereocenters. The van der Waals surface area contributed by atoms with Crippen LogP contribution in [0.15, 0.2) is 30.6 Å². The molecule has 3 heterocycles. The van der Waals surface area contributed by atoms with E-state index in [1.807, 2.05) is 13.8 Å². The van der Waals surface area contributed by atoms with Crippen molar-refractivity contribution in [1.29, 1.82) is 0 Å². The summed E-state index contributed by atoms with van der Waals surface area (Å²) in [6, 6.07) is 4.08. The normalized spacial score (nSPS) is 21.6. The van der Waals surface area contributed by atoms with Crippen LogP contribution in [0.2, 0.25) is 0 Å². The van der Waals surface area contributed by atoms with Crippen molar-refractivity contribution in [1.82, 2.24) is 25.3 Å². The number of urea groups is 1. The number of aromatic nitrogens is 2. The lowest BCUT2D eigenvalue weighted by molar-refractivity contribution is -0.124. The molecule has 1 aromatic heterocycles. The second kappa shape index (κ2) is 5.83. The molecule has 1 saturated heterocycles. The first-order valence-corrected chi connectivity index (χ1v) is 8.59. The van der Waals surface area contributed by atoms with Crippen LogP contribution in [0, 0.1) is 0 Å². The van der Waals surface area contributed by atoms with Gasteiger partial charge in [-0.2, -0.15) is 5.10 Å². The molecule has 2 aromatic rings. The van der Waals surface area contributed by atoms with E-state index in [9.17, 15) is 19.5 Å². The van der Waals surface area contributed by atoms with E-state index in [0.717, 1.165) is 5.56 Å². The Labute approximate surface area is 155 Å². The van der Waals surface area contributed by atoms with Crippen LogP contribution in [0.3, 0.4) is 0 Å². The van der Waals surface area contributed by atoms with Gasteiger partial charge in [0, 0.05) is 29.9 Å². The number of phenols is 1. The maximum atomic E-state index is 12.8. The zero-order valence-electron chi connectivity index (χ0n) is 14.9. The van der Waals surface area contributed by atoms with Crippen molar-refractivity contribution in [3.05, 3.63) is 47.3 Å². The molecule has 140 valence electrons. The van der Waals surface area contributed by atoms with E-state index >= 15 is 0 Å². The van der Waals surface area contributed by atoms with Crippen molar-refractivity contribution in [2.45, 2.75) is 32.0 Å². The molecule has 0 radical (unpaired) electrons. The van der Waals surface area contributed by atoms with E-state index in [-0.39, 0.29) is 30.8 Å². The maximum Gasteiger partial charge on any atom is 0.322 e. The summed E-state index contributed by atoms with van der Waals surface area (Å²) in [6.45, 7) is 4.15. The number of aromatic hydroxyl groups is 1. The van der Waals surface area contributed by atoms with Crippen LogP contribution in [-0.4, -0.2) is 44.2 Å². The SMILES string of the molecule is CC(C)n1cc(C2(CN3Cc4ccc(O)cc4C3=O)NC(=O)NC2=O)cn1. The van der Waals surface area contributed by atoms with Crippen LogP contribution in [-0.2, 0) is 16.9 Å². The molecule has 0 spiro atoms. The fourth-order valence-corrected chi connectivity index (χ4v) is 3.50. The second-order valence-electron chi connectivity index (χ2n) is 7.12. The number of carbonyl (C=O) groups is 3. The molecule has 2 aliphatic rings. The van der Waals surface area contributed by atoms with Gasteiger partial charge in [0.2, 0.25) is 0 Å². The Morgan fingerprint density at radius 2 is 2.07 bits per heavy atom. The Morgan fingerprint density at radius 1 is 1.30 bits per heavy atom. The Hall–Kier alpha value is -3.36. The van der Waals surface area contributed by atoms with Crippen molar-refractivity contribution in [3.8, 4) is 5.75 Å². The number of nitrogens with one attached hydrogen (secondary N) is 2. The van der Waals surface area contributed by atoms with Gasteiger partial charge >= 0.3 is 6.03 Å². The van der Waals surface area contributed by atoms with Crippen LogP contribution in [0.1, 0.15) is 41.4 Å². The van der Waals surface area contributed by atoms with Gasteiger partial charge in [-0.25, -0.2) is 4.79 Å². The summed E-state index contributed by atoms with van der Waals surface area (Å²) in [5.41, 5.74) is 0.249. The monoisotopic (exact) mass is 369 g/mol. The van der Waals surface area contributed by atoms with Gasteiger partial charge in [0.15, 0.2) is 5.54 Å². The number of nitrogens with zero attached hydrogens (tertiary/aromatic N) is 3. The highest BCUT2D eigenvalue weighted by atomic mass is 16.3. The predicted octanol–water partition coefficient (Wildman–Crippen LogP) is 0.860. The highest BCUT2D eigenvalue weighted by Gasteiger charge is 2.51. The Kier molecular flexibility index (Phi) is 3.69. The van der Waals surface area contributed by atoms with Gasteiger partial charge in [-0.05, 0) is 31.5 Å². The summed E-state index contributed by atoms with van der Waals surface area (Å²) in [5, 5.41) is 18.8. The predicted molar refractivity (Wildman–Crippen MR) is 93.8 cm³/mol. The first-order valence-electron chi connectivity index (χ1n) is 8.59. The Morgan fingerprint density at radius 3 is 2.70 bits per heavy atom. The summed E-state index contributed by atoms with van der Waals surface area (Å²) in [5.74, 6) is -0.823. The third kappa shape index (κ3) is 2.62. The quantitative estimate of drug-likeness (QED) is 0.691. The van der Waals surface area contributed by atoms with Crippen LogP contribution in [0.4, 0.5) is 4.79 Å². The number of benzene rings is 1. The standard InChI is InChI=1S/C18H19N5O4/c1-10(2)23-8-12(6-19-23)18(16(26)20-17(27)21-18)9-22-7-11-3-4-13(24)5-14(11)15(22)25/h3-6,8,10,24H,7,9H2,1-2H3,(H2,20,21,26,27). The number of fused-ring (bicyclic) bond motifs is 1. The lowest BCUT2D eigenvalue weighted by atomic mass is 9.92. The molecule has 27 heavy (non-hydrogen) atoms. The Balaban J connectivity index is 1.70. The first kappa shape index (κ1) is 17.1. The van der Waals surface area contributed by atoms with Gasteiger partial charge in [-0.3, -0.25) is 19.6 Å². The third-order valence-electron chi connectivity index (χ3n) is 4.97. The number of imide groups is 1. The van der Waals surface area contributed by atoms with Crippen molar-refractivity contribution in [2.75, 3.05) is 6.54 Å². The molecule has 0 bridgehead atoms. The van der Waals surface area contributed by atoms with E-state index in [0.29, 0.717) is 11.1 Å². The first-order chi connectivity index (χ1) is 12.8. The number of carbonyl (C=O) groups excluding carboxylic acids is 3. The molecule has 1 aromatic carbocycles. The van der Waals surface area contributed by atoms with Gasteiger partial charge in [-0.1, -0.05) is 6.07 Å². The van der Waals surface area contributed by atoms with Crippen LogP contribution < -0.4 is 10.6 Å². The van der Waals surface area contributed by atoms with Crippen LogP contribution in [0.25, 0.3) is 0 Å². The molecule has 1 unspecified atom stereocenters. The molecule has 0 aliphatic carbocycles. The van der Waals surface area contributed by atoms with E-state index in [4.69, 9.17) is 0 Å². The number of hydrogen-bond donors (Lipinski definition) is 3. The third-order valence-corrected chi connectivity index (χ3v) is 4.97.